The SMILES string of the molecule is Brc1ccc(-c2nc(N3CC4CCCNC4C3)n[nH]2)cc1. The highest BCUT2D eigenvalue weighted by Crippen LogP contribution is 2.28. The van der Waals surface area contributed by atoms with E-state index in [2.05, 4.69) is 41.3 Å². The molecule has 2 fully saturated rings. The number of aromatic nitrogens is 3. The molecule has 2 aliphatic heterocycles. The van der Waals surface area contributed by atoms with E-state index in [1.165, 1.54) is 12.8 Å². The topological polar surface area (TPSA) is 56.8 Å². The average Bonchev–Trinajstić information content (AvgIpc) is 3.14. The number of nitrogens with zero attached hydrogens (tertiary/aromatic N) is 3. The molecular formula is C15H18BrN5. The molecule has 1 aromatic heterocycles. The number of aromatic amines is 1. The molecule has 0 amide bonds. The minimum absolute atomic E-state index is 0.605. The van der Waals surface area contributed by atoms with Crippen LogP contribution in [0, 0.1) is 5.92 Å². The van der Waals surface area contributed by atoms with Crippen molar-refractivity contribution in [3.05, 3.63) is 28.7 Å². The Kier molecular flexibility index (Phi) is 3.43. The maximum absolute atomic E-state index is 4.67. The predicted octanol–water partition coefficient (Wildman–Crippen LogP) is 2.42. The first-order valence-corrected chi connectivity index (χ1v) is 8.25. The molecule has 110 valence electrons. The Morgan fingerprint density at radius 2 is 2.05 bits per heavy atom. The van der Waals surface area contributed by atoms with Gasteiger partial charge in [-0.05, 0) is 37.4 Å². The molecule has 2 unspecified atom stereocenters. The van der Waals surface area contributed by atoms with Crippen LogP contribution >= 0.6 is 15.9 Å². The van der Waals surface area contributed by atoms with Crippen molar-refractivity contribution in [3.63, 3.8) is 0 Å². The van der Waals surface area contributed by atoms with Crippen molar-refractivity contribution >= 4 is 21.9 Å². The zero-order chi connectivity index (χ0) is 14.2. The van der Waals surface area contributed by atoms with E-state index < -0.39 is 0 Å². The minimum atomic E-state index is 0.605. The molecule has 0 spiro atoms. The number of nitrogens with one attached hydrogen (secondary N) is 2. The van der Waals surface area contributed by atoms with Crippen LogP contribution in [0.4, 0.5) is 5.95 Å². The lowest BCUT2D eigenvalue weighted by atomic mass is 9.94. The summed E-state index contributed by atoms with van der Waals surface area (Å²) in [6.45, 7) is 3.23. The molecule has 5 nitrogen and oxygen atoms in total. The number of anilines is 1. The second kappa shape index (κ2) is 5.42. The van der Waals surface area contributed by atoms with Gasteiger partial charge >= 0.3 is 0 Å². The maximum atomic E-state index is 4.67. The van der Waals surface area contributed by atoms with Gasteiger partial charge in [0.25, 0.3) is 0 Å². The van der Waals surface area contributed by atoms with E-state index >= 15 is 0 Å². The fraction of sp³-hybridized carbons (Fsp3) is 0.467. The molecule has 4 rings (SSSR count). The lowest BCUT2D eigenvalue weighted by Crippen LogP contribution is -2.40. The third-order valence-electron chi connectivity index (χ3n) is 4.47. The highest BCUT2D eigenvalue weighted by molar-refractivity contribution is 9.10. The summed E-state index contributed by atoms with van der Waals surface area (Å²) in [6.07, 6.45) is 2.60. The van der Waals surface area contributed by atoms with Gasteiger partial charge < -0.3 is 10.2 Å². The number of rotatable bonds is 2. The molecule has 6 heteroatoms. The molecule has 2 saturated heterocycles. The lowest BCUT2D eigenvalue weighted by molar-refractivity contribution is 0.340. The van der Waals surface area contributed by atoms with Gasteiger partial charge in [0, 0.05) is 29.2 Å². The van der Waals surface area contributed by atoms with Gasteiger partial charge in [-0.2, -0.15) is 4.98 Å². The van der Waals surface area contributed by atoms with E-state index in [1.54, 1.807) is 0 Å². The van der Waals surface area contributed by atoms with Gasteiger partial charge in [0.2, 0.25) is 5.95 Å². The summed E-state index contributed by atoms with van der Waals surface area (Å²) in [5, 5.41) is 11.1. The summed E-state index contributed by atoms with van der Waals surface area (Å²) in [7, 11) is 0. The van der Waals surface area contributed by atoms with Gasteiger partial charge in [-0.1, -0.05) is 28.1 Å². The summed E-state index contributed by atoms with van der Waals surface area (Å²) < 4.78 is 1.07. The zero-order valence-corrected chi connectivity index (χ0v) is 13.3. The van der Waals surface area contributed by atoms with Crippen LogP contribution in [0.5, 0.6) is 0 Å². The Hall–Kier alpha value is -1.40. The minimum Gasteiger partial charge on any atom is -0.338 e. The molecule has 3 heterocycles. The Morgan fingerprint density at radius 1 is 1.19 bits per heavy atom. The largest absolute Gasteiger partial charge is 0.338 e. The molecule has 21 heavy (non-hydrogen) atoms. The fourth-order valence-electron chi connectivity index (χ4n) is 3.34. The second-order valence-electron chi connectivity index (χ2n) is 5.86. The summed E-state index contributed by atoms with van der Waals surface area (Å²) in [5.41, 5.74) is 1.06. The molecule has 2 aliphatic rings. The van der Waals surface area contributed by atoms with E-state index in [9.17, 15) is 0 Å². The number of hydrogen-bond acceptors (Lipinski definition) is 4. The maximum Gasteiger partial charge on any atom is 0.245 e. The van der Waals surface area contributed by atoms with E-state index in [1.807, 2.05) is 24.3 Å². The smallest absolute Gasteiger partial charge is 0.245 e. The van der Waals surface area contributed by atoms with E-state index in [0.717, 1.165) is 47.4 Å². The van der Waals surface area contributed by atoms with Crippen LogP contribution in [0.3, 0.4) is 0 Å². The van der Waals surface area contributed by atoms with Crippen LogP contribution in [0.1, 0.15) is 12.8 Å². The molecule has 0 saturated carbocycles. The second-order valence-corrected chi connectivity index (χ2v) is 6.77. The van der Waals surface area contributed by atoms with Crippen molar-refractivity contribution in [2.24, 2.45) is 5.92 Å². The van der Waals surface area contributed by atoms with Crippen LogP contribution in [0.15, 0.2) is 28.7 Å². The Morgan fingerprint density at radius 3 is 2.86 bits per heavy atom. The number of H-pyrrole nitrogens is 1. The first-order valence-electron chi connectivity index (χ1n) is 7.46. The number of benzene rings is 1. The van der Waals surface area contributed by atoms with Gasteiger partial charge in [-0.25, -0.2) is 0 Å². The van der Waals surface area contributed by atoms with E-state index in [0.29, 0.717) is 6.04 Å². The van der Waals surface area contributed by atoms with Crippen LogP contribution < -0.4 is 10.2 Å². The lowest BCUT2D eigenvalue weighted by Gasteiger charge is -2.24. The standard InChI is InChI=1S/C15H18BrN5/c16-12-5-3-10(4-6-12)14-18-15(20-19-14)21-8-11-2-1-7-17-13(11)9-21/h3-6,11,13,17H,1-2,7-9H2,(H,18,19,20). The predicted molar refractivity (Wildman–Crippen MR) is 86.2 cm³/mol. The third kappa shape index (κ3) is 2.58. The van der Waals surface area contributed by atoms with Crippen molar-refractivity contribution in [1.82, 2.24) is 20.5 Å². The number of halogens is 1. The van der Waals surface area contributed by atoms with Gasteiger partial charge in [0.1, 0.15) is 0 Å². The van der Waals surface area contributed by atoms with Gasteiger partial charge in [-0.15, -0.1) is 5.10 Å². The Labute approximate surface area is 132 Å². The van der Waals surface area contributed by atoms with Crippen molar-refractivity contribution < 1.29 is 0 Å². The molecule has 0 radical (unpaired) electrons. The average molecular weight is 348 g/mol. The first-order chi connectivity index (χ1) is 10.3. The van der Waals surface area contributed by atoms with Crippen LogP contribution in [-0.2, 0) is 0 Å². The molecule has 2 atom stereocenters. The molecule has 2 aromatic rings. The number of piperidine rings is 1. The van der Waals surface area contributed by atoms with Gasteiger partial charge in [0.15, 0.2) is 5.82 Å². The highest BCUT2D eigenvalue weighted by Gasteiger charge is 2.35. The Bertz CT molecular complexity index is 609. The fourth-order valence-corrected chi connectivity index (χ4v) is 3.61. The summed E-state index contributed by atoms with van der Waals surface area (Å²) in [4.78, 5) is 6.96. The first kappa shape index (κ1) is 13.3. The number of fused-ring (bicyclic) bond motifs is 1. The van der Waals surface area contributed by atoms with E-state index in [-0.39, 0.29) is 0 Å². The highest BCUT2D eigenvalue weighted by atomic mass is 79.9. The molecule has 0 bridgehead atoms. The molecule has 0 aliphatic carbocycles. The van der Waals surface area contributed by atoms with Gasteiger partial charge in [-0.3, -0.25) is 5.10 Å². The molecule has 1 aromatic carbocycles. The van der Waals surface area contributed by atoms with E-state index in [4.69, 9.17) is 0 Å². The Balaban J connectivity index is 1.53. The van der Waals surface area contributed by atoms with Crippen LogP contribution in [0.2, 0.25) is 0 Å². The monoisotopic (exact) mass is 347 g/mol. The van der Waals surface area contributed by atoms with Crippen molar-refractivity contribution in [2.45, 2.75) is 18.9 Å². The van der Waals surface area contributed by atoms with Crippen LogP contribution in [0.25, 0.3) is 11.4 Å². The number of hydrogen-bond donors (Lipinski definition) is 2. The quantitative estimate of drug-likeness (QED) is 0.875. The van der Waals surface area contributed by atoms with Crippen molar-refractivity contribution in [1.29, 1.82) is 0 Å². The van der Waals surface area contributed by atoms with Crippen LogP contribution in [-0.4, -0.2) is 40.9 Å². The molecule has 2 N–H and O–H groups in total. The molecular weight excluding hydrogens is 330 g/mol. The van der Waals surface area contributed by atoms with Gasteiger partial charge in [0.05, 0.1) is 0 Å². The summed E-state index contributed by atoms with van der Waals surface area (Å²) in [6, 6.07) is 8.73. The zero-order valence-electron chi connectivity index (χ0n) is 11.7. The summed E-state index contributed by atoms with van der Waals surface area (Å²) in [5.74, 6) is 2.40. The van der Waals surface area contributed by atoms with Crippen molar-refractivity contribution in [2.75, 3.05) is 24.5 Å². The normalized spacial score (nSPS) is 25.1. The summed E-state index contributed by atoms with van der Waals surface area (Å²) >= 11 is 3.45. The van der Waals surface area contributed by atoms with Crippen molar-refractivity contribution in [3.8, 4) is 11.4 Å². The third-order valence-corrected chi connectivity index (χ3v) is 5.00.